The maximum atomic E-state index is 8.02. The summed E-state index contributed by atoms with van der Waals surface area (Å²) in [5, 5.41) is 8.02. The van der Waals surface area contributed by atoms with E-state index in [1.54, 1.807) is 0 Å². The lowest BCUT2D eigenvalue weighted by Gasteiger charge is -2.17. The van der Waals surface area contributed by atoms with Gasteiger partial charge in [0.15, 0.2) is 0 Å². The predicted octanol–water partition coefficient (Wildman–Crippen LogP) is 2.43. The van der Waals surface area contributed by atoms with Crippen LogP contribution in [0.3, 0.4) is 0 Å². The average Bonchev–Trinajstić information content (AvgIpc) is 1.64. The summed E-state index contributed by atoms with van der Waals surface area (Å²) < 4.78 is 0. The molecule has 0 saturated heterocycles. The highest BCUT2D eigenvalue weighted by atomic mass is 17.1. The number of hydrogen-bond acceptors (Lipinski definition) is 2. The molecule has 0 fully saturated rings. The lowest BCUT2D eigenvalue weighted by Crippen LogP contribution is -2.06. The third kappa shape index (κ3) is 3.14. The molecule has 2 nitrogen and oxygen atoms in total. The molecule has 0 amide bonds. The third-order valence-corrected chi connectivity index (χ3v) is 1.41. The van der Waals surface area contributed by atoms with Crippen molar-refractivity contribution in [2.75, 3.05) is 0 Å². The minimum absolute atomic E-state index is 0.0860. The topological polar surface area (TPSA) is 29.5 Å². The van der Waals surface area contributed by atoms with E-state index in [0.717, 1.165) is 5.57 Å². The Hall–Kier alpha value is -0.500. The highest BCUT2D eigenvalue weighted by Crippen LogP contribution is 2.23. The molecule has 0 aromatic carbocycles. The lowest BCUT2D eigenvalue weighted by atomic mass is 9.89. The van der Waals surface area contributed by atoms with E-state index in [9.17, 15) is 0 Å². The normalized spacial score (nSPS) is 13.7. The van der Waals surface area contributed by atoms with E-state index >= 15 is 0 Å². The fraction of sp³-hybridized carbons (Fsp3) is 0.714. The molecule has 0 spiro atoms. The van der Waals surface area contributed by atoms with Crippen LogP contribution in [0.4, 0.5) is 0 Å². The fourth-order valence-electron chi connectivity index (χ4n) is 0.256. The number of allylic oxidation sites excluding steroid dienone is 1. The Balaban J connectivity index is 4.03. The van der Waals surface area contributed by atoms with Gasteiger partial charge in [0.2, 0.25) is 0 Å². The van der Waals surface area contributed by atoms with Crippen molar-refractivity contribution in [3.05, 3.63) is 11.8 Å². The molecule has 0 rings (SSSR count). The van der Waals surface area contributed by atoms with Gasteiger partial charge < -0.3 is 4.89 Å². The Labute approximate surface area is 56.1 Å². The summed E-state index contributed by atoms with van der Waals surface area (Å²) in [5.41, 5.74) is 1.10. The summed E-state index contributed by atoms with van der Waals surface area (Å²) in [6, 6.07) is 0. The Morgan fingerprint density at radius 2 is 1.89 bits per heavy atom. The maximum absolute atomic E-state index is 8.02. The second-order valence-electron chi connectivity index (χ2n) is 3.16. The van der Waals surface area contributed by atoms with E-state index in [-0.39, 0.29) is 5.41 Å². The molecule has 9 heavy (non-hydrogen) atoms. The molecule has 0 saturated carbocycles. The smallest absolute Gasteiger partial charge is 0.128 e. The highest BCUT2D eigenvalue weighted by molar-refractivity contribution is 5.03. The van der Waals surface area contributed by atoms with Crippen LogP contribution in [0.25, 0.3) is 0 Å². The molecule has 2 heteroatoms. The first-order valence-corrected chi connectivity index (χ1v) is 2.96. The van der Waals surface area contributed by atoms with Gasteiger partial charge in [-0.3, -0.25) is 0 Å². The van der Waals surface area contributed by atoms with Crippen LogP contribution in [0, 0.1) is 5.41 Å². The summed E-state index contributed by atoms with van der Waals surface area (Å²) in [6.45, 7) is 8.07. The second kappa shape index (κ2) is 2.87. The SMILES string of the molecule is C/C(=C/OO)C(C)(C)C. The van der Waals surface area contributed by atoms with E-state index in [4.69, 9.17) is 5.26 Å². The molecule has 0 unspecified atom stereocenters. The van der Waals surface area contributed by atoms with E-state index < -0.39 is 0 Å². The van der Waals surface area contributed by atoms with Crippen molar-refractivity contribution in [3.63, 3.8) is 0 Å². The van der Waals surface area contributed by atoms with Gasteiger partial charge in [0, 0.05) is 0 Å². The molecule has 0 aliphatic rings. The van der Waals surface area contributed by atoms with Gasteiger partial charge in [0.05, 0.1) is 0 Å². The van der Waals surface area contributed by atoms with Gasteiger partial charge in [-0.25, -0.2) is 5.26 Å². The molecule has 0 aliphatic heterocycles. The molecule has 0 aliphatic carbocycles. The molecule has 0 bridgehead atoms. The molecule has 1 N–H and O–H groups in total. The van der Waals surface area contributed by atoms with Crippen molar-refractivity contribution in [2.24, 2.45) is 5.41 Å². The van der Waals surface area contributed by atoms with Gasteiger partial charge in [0.25, 0.3) is 0 Å². The average molecular weight is 130 g/mol. The van der Waals surface area contributed by atoms with Crippen molar-refractivity contribution in [1.82, 2.24) is 0 Å². The van der Waals surface area contributed by atoms with Crippen LogP contribution in [0.5, 0.6) is 0 Å². The van der Waals surface area contributed by atoms with Crippen molar-refractivity contribution >= 4 is 0 Å². The first kappa shape index (κ1) is 8.50. The van der Waals surface area contributed by atoms with Crippen molar-refractivity contribution < 1.29 is 10.1 Å². The minimum Gasteiger partial charge on any atom is -0.348 e. The molecule has 0 aromatic rings. The molecular weight excluding hydrogens is 116 g/mol. The quantitative estimate of drug-likeness (QED) is 0.335. The van der Waals surface area contributed by atoms with Crippen LogP contribution in [-0.2, 0) is 4.89 Å². The fourth-order valence-corrected chi connectivity index (χ4v) is 0.256. The zero-order chi connectivity index (χ0) is 7.49. The zero-order valence-corrected chi connectivity index (χ0v) is 6.43. The van der Waals surface area contributed by atoms with E-state index in [1.165, 1.54) is 6.26 Å². The van der Waals surface area contributed by atoms with Gasteiger partial charge in [-0.2, -0.15) is 0 Å². The lowest BCUT2D eigenvalue weighted by molar-refractivity contribution is -0.188. The maximum Gasteiger partial charge on any atom is 0.128 e. The Bertz CT molecular complexity index is 109. The van der Waals surface area contributed by atoms with Crippen LogP contribution >= 0.6 is 0 Å². The molecule has 54 valence electrons. The zero-order valence-electron chi connectivity index (χ0n) is 6.43. The molecule has 0 atom stereocenters. The molecule has 0 aromatic heterocycles. The van der Waals surface area contributed by atoms with E-state index in [0.29, 0.717) is 0 Å². The van der Waals surface area contributed by atoms with Crippen molar-refractivity contribution in [3.8, 4) is 0 Å². The molecule has 0 heterocycles. The Morgan fingerprint density at radius 3 is 2.00 bits per heavy atom. The number of rotatable bonds is 1. The van der Waals surface area contributed by atoms with Gasteiger partial charge in [-0.05, 0) is 17.9 Å². The Morgan fingerprint density at radius 1 is 1.44 bits per heavy atom. The van der Waals surface area contributed by atoms with Crippen molar-refractivity contribution in [2.45, 2.75) is 27.7 Å². The number of hydrogen-bond donors (Lipinski definition) is 1. The van der Waals surface area contributed by atoms with Crippen LogP contribution in [0.2, 0.25) is 0 Å². The summed E-state index contributed by atoms with van der Waals surface area (Å²) in [4.78, 5) is 3.87. The van der Waals surface area contributed by atoms with Crippen LogP contribution in [0.1, 0.15) is 27.7 Å². The van der Waals surface area contributed by atoms with Gasteiger partial charge >= 0.3 is 0 Å². The molecule has 0 radical (unpaired) electrons. The van der Waals surface area contributed by atoms with Crippen LogP contribution in [0.15, 0.2) is 11.8 Å². The first-order valence-electron chi connectivity index (χ1n) is 2.96. The van der Waals surface area contributed by atoms with E-state index in [1.807, 2.05) is 6.92 Å². The summed E-state index contributed by atoms with van der Waals surface area (Å²) in [7, 11) is 0. The minimum atomic E-state index is 0.0860. The van der Waals surface area contributed by atoms with Gasteiger partial charge in [-0.15, -0.1) is 0 Å². The largest absolute Gasteiger partial charge is 0.348 e. The van der Waals surface area contributed by atoms with Crippen LogP contribution in [-0.4, -0.2) is 5.26 Å². The van der Waals surface area contributed by atoms with E-state index in [2.05, 4.69) is 25.7 Å². The second-order valence-corrected chi connectivity index (χ2v) is 3.16. The van der Waals surface area contributed by atoms with Gasteiger partial charge in [-0.1, -0.05) is 20.8 Å². The third-order valence-electron chi connectivity index (χ3n) is 1.41. The summed E-state index contributed by atoms with van der Waals surface area (Å²) in [6.07, 6.45) is 1.35. The predicted molar refractivity (Wildman–Crippen MR) is 36.9 cm³/mol. The Kier molecular flexibility index (Phi) is 2.71. The standard InChI is InChI=1S/C7H14O2/c1-6(5-9-8)7(2,3)4/h5,8H,1-4H3/b6-5-. The monoisotopic (exact) mass is 130 g/mol. The summed E-state index contributed by atoms with van der Waals surface area (Å²) in [5.74, 6) is 0. The van der Waals surface area contributed by atoms with Crippen molar-refractivity contribution in [1.29, 1.82) is 0 Å². The van der Waals surface area contributed by atoms with Gasteiger partial charge in [0.1, 0.15) is 6.26 Å². The summed E-state index contributed by atoms with van der Waals surface area (Å²) >= 11 is 0. The molecular formula is C7H14O2. The van der Waals surface area contributed by atoms with Crippen LogP contribution < -0.4 is 0 Å². The highest BCUT2D eigenvalue weighted by Gasteiger charge is 2.12. The first-order chi connectivity index (χ1) is 3.98.